The van der Waals surface area contributed by atoms with Crippen LogP contribution in [0.4, 0.5) is 26.3 Å². The van der Waals surface area contributed by atoms with Crippen molar-refractivity contribution >= 4 is 11.6 Å². The molecule has 0 nitrogen and oxygen atoms in total. The van der Waals surface area contributed by atoms with Gasteiger partial charge in [-0.1, -0.05) is 48.5 Å². The summed E-state index contributed by atoms with van der Waals surface area (Å²) in [5.41, 5.74) is 1.47. The van der Waals surface area contributed by atoms with Crippen molar-refractivity contribution in [2.24, 2.45) is 0 Å². The van der Waals surface area contributed by atoms with Gasteiger partial charge in [0.25, 0.3) is 0 Å². The van der Waals surface area contributed by atoms with Crippen LogP contribution in [0, 0.1) is 0 Å². The maximum atomic E-state index is 13.3. The molecule has 154 valence electrons. The topological polar surface area (TPSA) is 0 Å². The standard InChI is InChI=1S/C24H16F6/c25-23(26,27)18-11-15(12-19(14-18)24(28,29)30)13-22-20-7-3-1-5-16(20)9-10-17-6-2-4-8-21(17)22/h1-8,11-14H,9-10H2. The molecule has 0 radical (unpaired) electrons. The molecule has 30 heavy (non-hydrogen) atoms. The molecule has 0 saturated heterocycles. The van der Waals surface area contributed by atoms with Crippen molar-refractivity contribution in [2.45, 2.75) is 25.2 Å². The van der Waals surface area contributed by atoms with Crippen LogP contribution in [0.5, 0.6) is 0 Å². The van der Waals surface area contributed by atoms with Crippen LogP contribution in [0.2, 0.25) is 0 Å². The number of rotatable bonds is 1. The summed E-state index contributed by atoms with van der Waals surface area (Å²) >= 11 is 0. The highest BCUT2D eigenvalue weighted by atomic mass is 19.4. The molecule has 0 unspecified atom stereocenters. The third kappa shape index (κ3) is 3.99. The second-order valence-corrected chi connectivity index (χ2v) is 7.21. The maximum absolute atomic E-state index is 13.3. The van der Waals surface area contributed by atoms with E-state index >= 15 is 0 Å². The van der Waals surface area contributed by atoms with Crippen LogP contribution in [0.1, 0.15) is 38.9 Å². The normalized spacial score (nSPS) is 14.0. The van der Waals surface area contributed by atoms with Crippen molar-refractivity contribution in [3.63, 3.8) is 0 Å². The summed E-state index contributed by atoms with van der Waals surface area (Å²) in [5.74, 6) is 0. The van der Waals surface area contributed by atoms with E-state index in [2.05, 4.69) is 0 Å². The lowest BCUT2D eigenvalue weighted by atomic mass is 9.91. The van der Waals surface area contributed by atoms with Crippen LogP contribution in [-0.4, -0.2) is 0 Å². The van der Waals surface area contributed by atoms with Crippen LogP contribution in [0.15, 0.2) is 66.7 Å². The molecule has 1 aliphatic rings. The fraction of sp³-hybridized carbons (Fsp3) is 0.167. The van der Waals surface area contributed by atoms with Crippen molar-refractivity contribution in [3.8, 4) is 0 Å². The van der Waals surface area contributed by atoms with E-state index < -0.39 is 23.5 Å². The van der Waals surface area contributed by atoms with Gasteiger partial charge >= 0.3 is 12.4 Å². The molecule has 0 saturated carbocycles. The lowest BCUT2D eigenvalue weighted by Crippen LogP contribution is -2.11. The lowest BCUT2D eigenvalue weighted by Gasteiger charge is -2.15. The number of hydrogen-bond acceptors (Lipinski definition) is 0. The highest BCUT2D eigenvalue weighted by Gasteiger charge is 2.36. The Kier molecular flexibility index (Phi) is 4.96. The zero-order valence-electron chi connectivity index (χ0n) is 15.6. The summed E-state index contributed by atoms with van der Waals surface area (Å²) in [7, 11) is 0. The summed E-state index contributed by atoms with van der Waals surface area (Å²) < 4.78 is 79.6. The first-order valence-corrected chi connectivity index (χ1v) is 9.31. The molecule has 4 rings (SSSR count). The predicted molar refractivity (Wildman–Crippen MR) is 104 cm³/mol. The zero-order valence-corrected chi connectivity index (χ0v) is 15.6. The summed E-state index contributed by atoms with van der Waals surface area (Å²) in [6.07, 6.45) is -6.86. The average Bonchev–Trinajstić information content (AvgIpc) is 2.84. The number of halogens is 6. The minimum Gasteiger partial charge on any atom is -0.166 e. The van der Waals surface area contributed by atoms with Crippen molar-refractivity contribution in [1.82, 2.24) is 0 Å². The Morgan fingerprint density at radius 2 is 1.03 bits per heavy atom. The molecule has 3 aromatic carbocycles. The molecule has 6 heteroatoms. The Bertz CT molecular complexity index is 1040. The van der Waals surface area contributed by atoms with Crippen LogP contribution < -0.4 is 0 Å². The van der Waals surface area contributed by atoms with E-state index in [-0.39, 0.29) is 11.6 Å². The highest BCUT2D eigenvalue weighted by Crippen LogP contribution is 2.39. The number of alkyl halides is 6. The first kappa shape index (κ1) is 20.3. The Balaban J connectivity index is 1.98. The largest absolute Gasteiger partial charge is 0.416 e. The van der Waals surface area contributed by atoms with Crippen molar-refractivity contribution in [1.29, 1.82) is 0 Å². The summed E-state index contributed by atoms with van der Waals surface area (Å²) in [6, 6.07) is 16.6. The Labute approximate surface area is 169 Å². The maximum Gasteiger partial charge on any atom is 0.416 e. The number of benzene rings is 3. The minimum absolute atomic E-state index is 0.140. The summed E-state index contributed by atoms with van der Waals surface area (Å²) in [4.78, 5) is 0. The smallest absolute Gasteiger partial charge is 0.166 e. The monoisotopic (exact) mass is 418 g/mol. The molecule has 3 aromatic rings. The van der Waals surface area contributed by atoms with E-state index in [0.29, 0.717) is 5.57 Å². The third-order valence-corrected chi connectivity index (χ3v) is 5.20. The minimum atomic E-state index is -4.88. The van der Waals surface area contributed by atoms with Gasteiger partial charge in [0.1, 0.15) is 0 Å². The molecular weight excluding hydrogens is 402 g/mol. The van der Waals surface area contributed by atoms with Crippen LogP contribution >= 0.6 is 0 Å². The Morgan fingerprint density at radius 1 is 0.600 bits per heavy atom. The van der Waals surface area contributed by atoms with Crippen molar-refractivity contribution < 1.29 is 26.3 Å². The van der Waals surface area contributed by atoms with Gasteiger partial charge in [0.2, 0.25) is 0 Å². The number of hydrogen-bond donors (Lipinski definition) is 0. The fourth-order valence-corrected chi connectivity index (χ4v) is 3.80. The molecule has 0 amide bonds. The molecule has 0 fully saturated rings. The summed E-state index contributed by atoms with van der Waals surface area (Å²) in [5, 5.41) is 0. The zero-order chi connectivity index (χ0) is 21.5. The SMILES string of the molecule is FC(F)(F)c1cc(C=C2c3ccccc3CCc3ccccc32)cc(C(F)(F)F)c1. The molecule has 0 heterocycles. The first-order chi connectivity index (χ1) is 14.1. The van der Waals surface area contributed by atoms with E-state index in [1.165, 1.54) is 6.08 Å². The van der Waals surface area contributed by atoms with E-state index in [1.54, 1.807) is 0 Å². The van der Waals surface area contributed by atoms with E-state index in [9.17, 15) is 26.3 Å². The fourth-order valence-electron chi connectivity index (χ4n) is 3.80. The van der Waals surface area contributed by atoms with Gasteiger partial charge in [0, 0.05) is 0 Å². The molecule has 0 aromatic heterocycles. The second kappa shape index (κ2) is 7.35. The molecule has 1 aliphatic carbocycles. The first-order valence-electron chi connectivity index (χ1n) is 9.31. The quantitative estimate of drug-likeness (QED) is 0.361. The predicted octanol–water partition coefficient (Wildman–Crippen LogP) is 7.41. The lowest BCUT2D eigenvalue weighted by molar-refractivity contribution is -0.143. The second-order valence-electron chi connectivity index (χ2n) is 7.21. The van der Waals surface area contributed by atoms with Gasteiger partial charge in [-0.2, -0.15) is 26.3 Å². The average molecular weight is 418 g/mol. The van der Waals surface area contributed by atoms with Crippen LogP contribution in [-0.2, 0) is 25.2 Å². The van der Waals surface area contributed by atoms with Crippen molar-refractivity contribution in [2.75, 3.05) is 0 Å². The van der Waals surface area contributed by atoms with E-state index in [0.717, 1.165) is 47.2 Å². The van der Waals surface area contributed by atoms with Crippen LogP contribution in [0.3, 0.4) is 0 Å². The van der Waals surface area contributed by atoms with Gasteiger partial charge in [-0.05, 0) is 70.5 Å². The molecule has 0 spiro atoms. The van der Waals surface area contributed by atoms with Gasteiger partial charge in [0.05, 0.1) is 11.1 Å². The molecule has 0 aliphatic heterocycles. The van der Waals surface area contributed by atoms with Crippen LogP contribution in [0.25, 0.3) is 11.6 Å². The van der Waals surface area contributed by atoms with Crippen molar-refractivity contribution in [3.05, 3.63) is 106 Å². The number of fused-ring (bicyclic) bond motifs is 2. The van der Waals surface area contributed by atoms with E-state index in [4.69, 9.17) is 0 Å². The Hall–Kier alpha value is -3.02. The van der Waals surface area contributed by atoms with E-state index in [1.807, 2.05) is 48.5 Å². The Morgan fingerprint density at radius 3 is 1.47 bits per heavy atom. The van der Waals surface area contributed by atoms with Gasteiger partial charge < -0.3 is 0 Å². The summed E-state index contributed by atoms with van der Waals surface area (Å²) in [6.45, 7) is 0. The molecular formula is C24H16F6. The van der Waals surface area contributed by atoms with Gasteiger partial charge in [-0.25, -0.2) is 0 Å². The van der Waals surface area contributed by atoms with Gasteiger partial charge in [-0.3, -0.25) is 0 Å². The van der Waals surface area contributed by atoms with Gasteiger partial charge in [0.15, 0.2) is 0 Å². The third-order valence-electron chi connectivity index (χ3n) is 5.20. The number of aryl methyl sites for hydroxylation is 2. The molecule has 0 bridgehead atoms. The highest BCUT2D eigenvalue weighted by molar-refractivity contribution is 5.94. The molecule has 0 N–H and O–H groups in total. The molecule has 0 atom stereocenters. The van der Waals surface area contributed by atoms with Gasteiger partial charge in [-0.15, -0.1) is 0 Å².